The number of esters is 1. The summed E-state index contributed by atoms with van der Waals surface area (Å²) in [5, 5.41) is 80.4. The molecule has 2 aromatic carbocycles. The van der Waals surface area contributed by atoms with Crippen molar-refractivity contribution in [2.75, 3.05) is 11.5 Å². The third-order valence-electron chi connectivity index (χ3n) is 8.08. The normalized spacial score (nSPS) is 26.3. The van der Waals surface area contributed by atoms with Crippen molar-refractivity contribution in [3.8, 4) is 17.2 Å². The number of phenols is 2. The predicted molar refractivity (Wildman–Crippen MR) is 169 cm³/mol. The van der Waals surface area contributed by atoms with Crippen LogP contribution in [0.1, 0.15) is 17.5 Å². The summed E-state index contributed by atoms with van der Waals surface area (Å²) in [5.41, 5.74) is 0.922. The second-order valence-electron chi connectivity index (χ2n) is 11.5. The molecule has 1 saturated heterocycles. The Hall–Kier alpha value is -5.75. The lowest BCUT2D eigenvalue weighted by Crippen LogP contribution is -2.60. The number of hydrogen-bond acceptors (Lipinski definition) is 14. The zero-order valence-electron chi connectivity index (χ0n) is 25.8. The Morgan fingerprint density at radius 2 is 1.64 bits per heavy atom. The van der Waals surface area contributed by atoms with Crippen LogP contribution in [0.15, 0.2) is 71.4 Å². The maximum atomic E-state index is 12.3. The van der Waals surface area contributed by atoms with Gasteiger partial charge in [-0.15, -0.1) is 0 Å². The van der Waals surface area contributed by atoms with Gasteiger partial charge in [0, 0.05) is 36.9 Å². The standard InChI is InChI=1S/C33H32N2O15/c36-18-4-1-15(2-5-18)3-6-26(38)48-14-25-27(39)28(40)29(41)33(50-25)49-24-13-21-17(12-23(24)37)11-22(32(46)47)35(21)8-7-16-9-19(30(42)43)34-20(10-16)31(44)45/h1-9,12-13,20,22,25,27-29,33,36-37,39-41H,10-11,14H2,(H,42,43)(H,44,45)(H,46,47)/b6-3+,8-7+/t20-,22-,25+,27+,28-,29+,33+/m0/s1. The number of anilines is 1. The lowest BCUT2D eigenvalue weighted by Gasteiger charge is -2.40. The first kappa shape index (κ1) is 35.6. The maximum Gasteiger partial charge on any atom is 0.354 e. The van der Waals surface area contributed by atoms with Crippen LogP contribution in [0.3, 0.4) is 0 Å². The number of carbonyl (C=O) groups is 4. The van der Waals surface area contributed by atoms with E-state index in [1.165, 1.54) is 47.5 Å². The number of rotatable bonds is 11. The zero-order valence-corrected chi connectivity index (χ0v) is 25.8. The number of aromatic hydroxyl groups is 2. The molecule has 7 atom stereocenters. The van der Waals surface area contributed by atoms with E-state index < -0.39 is 84.7 Å². The number of carbonyl (C=O) groups excluding carboxylic acids is 1. The SMILES string of the molecule is O=C(/C=C/c1ccc(O)cc1)OC[C@H]1O[C@@H](Oc2cc3c(cc2O)C[C@@H](C(=O)O)N3/C=C/C2=CC(C(=O)O)=N[C@H](C(=O)O)C2)[C@H](O)[C@@H](O)[C@@H]1O. The van der Waals surface area contributed by atoms with E-state index in [0.29, 0.717) is 11.1 Å². The van der Waals surface area contributed by atoms with Crippen LogP contribution in [-0.2, 0) is 35.1 Å². The number of carboxylic acid groups (broad SMARTS) is 3. The topological polar surface area (TPSA) is 273 Å². The highest BCUT2D eigenvalue weighted by Crippen LogP contribution is 2.42. The summed E-state index contributed by atoms with van der Waals surface area (Å²) < 4.78 is 16.4. The van der Waals surface area contributed by atoms with Gasteiger partial charge in [0.25, 0.3) is 0 Å². The number of aliphatic carboxylic acids is 3. The average molecular weight is 697 g/mol. The van der Waals surface area contributed by atoms with Crippen molar-refractivity contribution >= 4 is 41.4 Å². The third-order valence-corrected chi connectivity index (χ3v) is 8.08. The van der Waals surface area contributed by atoms with Gasteiger partial charge in [-0.2, -0.15) is 0 Å². The molecule has 0 bridgehead atoms. The lowest BCUT2D eigenvalue weighted by molar-refractivity contribution is -0.278. The molecule has 3 heterocycles. The monoisotopic (exact) mass is 696 g/mol. The molecule has 0 radical (unpaired) electrons. The van der Waals surface area contributed by atoms with Crippen LogP contribution in [-0.4, -0.2) is 120 Å². The third kappa shape index (κ3) is 7.92. The minimum atomic E-state index is -1.85. The Morgan fingerprint density at radius 1 is 0.920 bits per heavy atom. The van der Waals surface area contributed by atoms with Crippen molar-refractivity contribution in [2.24, 2.45) is 4.99 Å². The highest BCUT2D eigenvalue weighted by Gasteiger charge is 2.46. The first-order valence-electron chi connectivity index (χ1n) is 15.0. The van der Waals surface area contributed by atoms with Gasteiger partial charge in [0.1, 0.15) is 48.5 Å². The van der Waals surface area contributed by atoms with Crippen LogP contribution in [0.4, 0.5) is 5.69 Å². The van der Waals surface area contributed by atoms with Crippen molar-refractivity contribution < 1.29 is 74.2 Å². The Labute approximate surface area is 282 Å². The number of aliphatic imine (C=N–C) groups is 1. The van der Waals surface area contributed by atoms with Crippen molar-refractivity contribution in [1.29, 1.82) is 0 Å². The molecule has 5 rings (SSSR count). The van der Waals surface area contributed by atoms with Crippen LogP contribution in [0.5, 0.6) is 17.2 Å². The summed E-state index contributed by atoms with van der Waals surface area (Å²) in [4.78, 5) is 52.4. The van der Waals surface area contributed by atoms with Crippen molar-refractivity contribution in [1.82, 2.24) is 0 Å². The summed E-state index contributed by atoms with van der Waals surface area (Å²) in [5.74, 6) is -5.64. The van der Waals surface area contributed by atoms with Crippen LogP contribution in [0.2, 0.25) is 0 Å². The van der Waals surface area contributed by atoms with Gasteiger partial charge in [0.05, 0.1) is 0 Å². The van der Waals surface area contributed by atoms with Gasteiger partial charge < -0.3 is 60.0 Å². The number of nitrogens with zero attached hydrogens (tertiary/aromatic N) is 2. The van der Waals surface area contributed by atoms with Crippen molar-refractivity contribution in [3.63, 3.8) is 0 Å². The Kier molecular flexibility index (Phi) is 10.5. The molecular formula is C33H32N2O15. The molecule has 3 aliphatic heterocycles. The number of hydrogen-bond donors (Lipinski definition) is 8. The zero-order chi connectivity index (χ0) is 36.3. The fraction of sp³-hybridized carbons (Fsp3) is 0.303. The number of dihydropyridines is 1. The van der Waals surface area contributed by atoms with Crippen LogP contribution >= 0.6 is 0 Å². The number of ether oxygens (including phenoxy) is 3. The minimum absolute atomic E-state index is 0.0377. The van der Waals surface area contributed by atoms with E-state index in [-0.39, 0.29) is 35.6 Å². The van der Waals surface area contributed by atoms with E-state index in [9.17, 15) is 60.0 Å². The highest BCUT2D eigenvalue weighted by molar-refractivity contribution is 6.41. The van der Waals surface area contributed by atoms with Crippen molar-refractivity contribution in [3.05, 3.63) is 77.5 Å². The van der Waals surface area contributed by atoms with Gasteiger partial charge >= 0.3 is 23.9 Å². The fourth-order valence-electron chi connectivity index (χ4n) is 5.46. The molecule has 0 amide bonds. The van der Waals surface area contributed by atoms with Gasteiger partial charge in [0.15, 0.2) is 17.5 Å². The Bertz CT molecular complexity index is 1780. The van der Waals surface area contributed by atoms with E-state index in [2.05, 4.69) is 4.99 Å². The van der Waals surface area contributed by atoms with Gasteiger partial charge in [-0.05, 0) is 53.1 Å². The lowest BCUT2D eigenvalue weighted by atomic mass is 9.99. The summed E-state index contributed by atoms with van der Waals surface area (Å²) >= 11 is 0. The van der Waals surface area contributed by atoms with E-state index in [0.717, 1.165) is 12.2 Å². The van der Waals surface area contributed by atoms with Gasteiger partial charge in [-0.3, -0.25) is 4.99 Å². The smallest absolute Gasteiger partial charge is 0.354 e. The molecule has 0 aromatic heterocycles. The number of carboxylic acids is 3. The Morgan fingerprint density at radius 3 is 2.30 bits per heavy atom. The highest BCUT2D eigenvalue weighted by atomic mass is 16.7. The predicted octanol–water partition coefficient (Wildman–Crippen LogP) is 0.179. The second kappa shape index (κ2) is 14.8. The fourth-order valence-corrected chi connectivity index (χ4v) is 5.46. The van der Waals surface area contributed by atoms with Crippen LogP contribution < -0.4 is 9.64 Å². The molecule has 264 valence electrons. The molecule has 0 saturated carbocycles. The molecule has 17 heteroatoms. The number of benzene rings is 2. The van der Waals surface area contributed by atoms with E-state index in [1.807, 2.05) is 0 Å². The van der Waals surface area contributed by atoms with Crippen molar-refractivity contribution in [2.45, 2.75) is 55.6 Å². The quantitative estimate of drug-likeness (QED) is 0.115. The molecule has 17 nitrogen and oxygen atoms in total. The maximum absolute atomic E-state index is 12.3. The number of fused-ring (bicyclic) bond motifs is 1. The van der Waals surface area contributed by atoms with Crippen LogP contribution in [0.25, 0.3) is 6.08 Å². The van der Waals surface area contributed by atoms with E-state index in [1.54, 1.807) is 12.1 Å². The first-order chi connectivity index (χ1) is 23.7. The number of aliphatic hydroxyl groups excluding tert-OH is 3. The minimum Gasteiger partial charge on any atom is -0.508 e. The van der Waals surface area contributed by atoms with E-state index >= 15 is 0 Å². The summed E-state index contributed by atoms with van der Waals surface area (Å²) in [7, 11) is 0. The molecule has 0 aliphatic carbocycles. The molecule has 50 heavy (non-hydrogen) atoms. The number of aliphatic hydroxyl groups is 3. The Balaban J connectivity index is 1.32. The first-order valence-corrected chi connectivity index (χ1v) is 15.0. The largest absolute Gasteiger partial charge is 0.508 e. The molecule has 8 N–H and O–H groups in total. The van der Waals surface area contributed by atoms with Gasteiger partial charge in [0.2, 0.25) is 6.29 Å². The molecule has 2 aromatic rings. The average Bonchev–Trinajstić information content (AvgIpc) is 3.43. The molecule has 1 fully saturated rings. The summed E-state index contributed by atoms with van der Waals surface area (Å²) in [6, 6.07) is 5.85. The van der Waals surface area contributed by atoms with Gasteiger partial charge in [-0.1, -0.05) is 12.1 Å². The summed E-state index contributed by atoms with van der Waals surface area (Å²) in [6.07, 6.45) is -2.44. The summed E-state index contributed by atoms with van der Waals surface area (Å²) in [6.45, 7) is -0.578. The van der Waals surface area contributed by atoms with Crippen LogP contribution in [0, 0.1) is 0 Å². The van der Waals surface area contributed by atoms with Gasteiger partial charge in [-0.25, -0.2) is 19.2 Å². The molecule has 3 aliphatic rings. The molecule has 0 unspecified atom stereocenters. The molecule has 0 spiro atoms. The second-order valence-corrected chi connectivity index (χ2v) is 11.5. The molecular weight excluding hydrogens is 664 g/mol. The number of phenolic OH excluding ortho intramolecular Hbond substituents is 2. The van der Waals surface area contributed by atoms with E-state index in [4.69, 9.17) is 14.2 Å². The number of allylic oxidation sites excluding steroid dienone is 1.